The summed E-state index contributed by atoms with van der Waals surface area (Å²) in [6.45, 7) is 18.4. The molecular formula is C26H27FO6. The van der Waals surface area contributed by atoms with E-state index in [9.17, 15) is 18.8 Å². The van der Waals surface area contributed by atoms with E-state index in [0.717, 1.165) is 0 Å². The summed E-state index contributed by atoms with van der Waals surface area (Å²) in [7, 11) is 0. The van der Waals surface area contributed by atoms with Gasteiger partial charge < -0.3 is 14.2 Å². The second-order valence-electron chi connectivity index (χ2n) is 7.10. The van der Waals surface area contributed by atoms with Crippen molar-refractivity contribution < 1.29 is 33.0 Å². The van der Waals surface area contributed by atoms with Crippen LogP contribution in [0.5, 0.6) is 5.75 Å². The zero-order chi connectivity index (χ0) is 25.1. The van der Waals surface area contributed by atoms with Gasteiger partial charge >= 0.3 is 17.9 Å². The van der Waals surface area contributed by atoms with Gasteiger partial charge in [0.25, 0.3) is 0 Å². The second kappa shape index (κ2) is 12.8. The molecule has 0 atom stereocenters. The zero-order valence-electron chi connectivity index (χ0n) is 19.0. The van der Waals surface area contributed by atoms with Crippen molar-refractivity contribution in [1.82, 2.24) is 0 Å². The summed E-state index contributed by atoms with van der Waals surface area (Å²) < 4.78 is 29.2. The number of halogens is 1. The predicted octanol–water partition coefficient (Wildman–Crippen LogP) is 5.55. The summed E-state index contributed by atoms with van der Waals surface area (Å²) in [4.78, 5) is 35.0. The van der Waals surface area contributed by atoms with E-state index in [1.807, 2.05) is 0 Å². The van der Waals surface area contributed by atoms with Crippen LogP contribution in [0.25, 0.3) is 5.57 Å². The Kier molecular flexibility index (Phi) is 10.5. The molecule has 0 radical (unpaired) electrons. The fourth-order valence-corrected chi connectivity index (χ4v) is 2.20. The number of carbonyl (C=O) groups excluding carboxylic acids is 3. The molecular weight excluding hydrogens is 427 g/mol. The Morgan fingerprint density at radius 1 is 0.879 bits per heavy atom. The molecule has 0 fully saturated rings. The van der Waals surface area contributed by atoms with Gasteiger partial charge in [0.05, 0.1) is 6.61 Å². The molecule has 0 spiro atoms. The molecule has 0 aliphatic carbocycles. The van der Waals surface area contributed by atoms with E-state index in [1.165, 1.54) is 45.1 Å². The SMILES string of the molecule is C=C(/C=C\C(=C(/C)F)c1ccc(OC(=O)C(=C)C)cc1)OC(=O)C(=C)CCOC(=O)C(=C)C. The average molecular weight is 454 g/mol. The summed E-state index contributed by atoms with van der Waals surface area (Å²) in [5, 5.41) is 0. The summed E-state index contributed by atoms with van der Waals surface area (Å²) in [5.41, 5.74) is 1.30. The quantitative estimate of drug-likeness (QED) is 0.143. The minimum absolute atomic E-state index is 0.0363. The van der Waals surface area contributed by atoms with Crippen molar-refractivity contribution in [2.24, 2.45) is 0 Å². The molecule has 0 N–H and O–H groups in total. The van der Waals surface area contributed by atoms with Gasteiger partial charge in [-0.1, -0.05) is 38.4 Å². The van der Waals surface area contributed by atoms with Crippen LogP contribution >= 0.6 is 0 Å². The van der Waals surface area contributed by atoms with Gasteiger partial charge in [0.15, 0.2) is 0 Å². The Bertz CT molecular complexity index is 1040. The highest BCUT2D eigenvalue weighted by Crippen LogP contribution is 2.24. The lowest BCUT2D eigenvalue weighted by Gasteiger charge is -2.09. The molecule has 0 amide bonds. The molecule has 0 saturated heterocycles. The number of allylic oxidation sites excluding steroid dienone is 4. The van der Waals surface area contributed by atoms with Crippen molar-refractivity contribution in [3.63, 3.8) is 0 Å². The first-order valence-electron chi connectivity index (χ1n) is 9.86. The molecule has 33 heavy (non-hydrogen) atoms. The molecule has 0 saturated carbocycles. The molecule has 1 rings (SSSR count). The molecule has 0 unspecified atom stereocenters. The third-order valence-electron chi connectivity index (χ3n) is 4.03. The molecule has 0 aromatic heterocycles. The number of hydrogen-bond donors (Lipinski definition) is 0. The van der Waals surface area contributed by atoms with Gasteiger partial charge in [0.1, 0.15) is 17.3 Å². The third kappa shape index (κ3) is 9.35. The van der Waals surface area contributed by atoms with Crippen molar-refractivity contribution in [3.8, 4) is 5.75 Å². The number of ether oxygens (including phenoxy) is 3. The summed E-state index contributed by atoms with van der Waals surface area (Å²) in [6.07, 6.45) is 2.81. The van der Waals surface area contributed by atoms with Crippen LogP contribution in [-0.4, -0.2) is 24.5 Å². The second-order valence-corrected chi connectivity index (χ2v) is 7.10. The van der Waals surface area contributed by atoms with Crippen LogP contribution in [0.15, 0.2) is 91.0 Å². The van der Waals surface area contributed by atoms with Crippen LogP contribution in [0.1, 0.15) is 32.8 Å². The van der Waals surface area contributed by atoms with Gasteiger partial charge in [-0.2, -0.15) is 0 Å². The van der Waals surface area contributed by atoms with Crippen LogP contribution in [0.4, 0.5) is 4.39 Å². The highest BCUT2D eigenvalue weighted by molar-refractivity contribution is 5.90. The molecule has 1 aromatic rings. The van der Waals surface area contributed by atoms with E-state index >= 15 is 0 Å². The van der Waals surface area contributed by atoms with E-state index in [0.29, 0.717) is 5.56 Å². The van der Waals surface area contributed by atoms with Crippen molar-refractivity contribution in [3.05, 3.63) is 96.6 Å². The predicted molar refractivity (Wildman–Crippen MR) is 124 cm³/mol. The lowest BCUT2D eigenvalue weighted by Crippen LogP contribution is -2.11. The van der Waals surface area contributed by atoms with Crippen molar-refractivity contribution in [1.29, 1.82) is 0 Å². The molecule has 6 nitrogen and oxygen atoms in total. The van der Waals surface area contributed by atoms with Gasteiger partial charge in [0, 0.05) is 28.7 Å². The highest BCUT2D eigenvalue weighted by Gasteiger charge is 2.12. The normalized spacial score (nSPS) is 11.3. The first-order chi connectivity index (χ1) is 15.4. The lowest BCUT2D eigenvalue weighted by molar-refractivity contribution is -0.140. The Morgan fingerprint density at radius 3 is 1.97 bits per heavy atom. The summed E-state index contributed by atoms with van der Waals surface area (Å²) >= 11 is 0. The van der Waals surface area contributed by atoms with E-state index in [2.05, 4.69) is 26.3 Å². The number of hydrogen-bond acceptors (Lipinski definition) is 6. The Hall–Kier alpha value is -4.00. The van der Waals surface area contributed by atoms with Crippen LogP contribution < -0.4 is 4.74 Å². The van der Waals surface area contributed by atoms with E-state index in [4.69, 9.17) is 14.2 Å². The van der Waals surface area contributed by atoms with Gasteiger partial charge in [0.2, 0.25) is 0 Å². The number of esters is 3. The summed E-state index contributed by atoms with van der Waals surface area (Å²) in [6, 6.07) is 6.19. The van der Waals surface area contributed by atoms with Crippen LogP contribution in [0.3, 0.4) is 0 Å². The first kappa shape index (κ1) is 27.0. The maximum absolute atomic E-state index is 14.1. The van der Waals surface area contributed by atoms with Gasteiger partial charge in [-0.05, 0) is 50.6 Å². The first-order valence-corrected chi connectivity index (χ1v) is 9.86. The highest BCUT2D eigenvalue weighted by atomic mass is 19.1. The molecule has 0 bridgehead atoms. The van der Waals surface area contributed by atoms with E-state index in [-0.39, 0.29) is 46.8 Å². The number of carbonyl (C=O) groups is 3. The zero-order valence-corrected chi connectivity index (χ0v) is 19.0. The average Bonchev–Trinajstić information content (AvgIpc) is 2.74. The fourth-order valence-electron chi connectivity index (χ4n) is 2.20. The minimum atomic E-state index is -0.748. The monoisotopic (exact) mass is 454 g/mol. The van der Waals surface area contributed by atoms with Crippen LogP contribution in [0, 0.1) is 0 Å². The summed E-state index contributed by atoms with van der Waals surface area (Å²) in [5.74, 6) is -2.11. The van der Waals surface area contributed by atoms with Crippen molar-refractivity contribution in [2.75, 3.05) is 6.61 Å². The van der Waals surface area contributed by atoms with Gasteiger partial charge in [-0.3, -0.25) is 0 Å². The molecule has 1 aromatic carbocycles. The maximum atomic E-state index is 14.1. The largest absolute Gasteiger partial charge is 0.462 e. The maximum Gasteiger partial charge on any atom is 0.338 e. The van der Waals surface area contributed by atoms with Crippen molar-refractivity contribution >= 4 is 23.5 Å². The van der Waals surface area contributed by atoms with Crippen LogP contribution in [-0.2, 0) is 23.9 Å². The molecule has 0 aliphatic heterocycles. The molecule has 7 heteroatoms. The Balaban J connectivity index is 2.73. The van der Waals surface area contributed by atoms with Crippen molar-refractivity contribution in [2.45, 2.75) is 27.2 Å². The topological polar surface area (TPSA) is 78.9 Å². The standard InChI is InChI=1S/C26H27FO6/c1-16(2)24(28)31-15-14-18(5)26(30)32-19(6)8-13-23(20(7)27)21-9-11-22(12-10-21)33-25(29)17(3)4/h8-13H,1,3,5-6,14-15H2,2,4,7H3/b13-8-,23-20-. The number of rotatable bonds is 11. The van der Waals surface area contributed by atoms with Crippen LogP contribution in [0.2, 0.25) is 0 Å². The fraction of sp³-hybridized carbons (Fsp3) is 0.192. The lowest BCUT2D eigenvalue weighted by atomic mass is 10.0. The number of benzene rings is 1. The molecule has 0 heterocycles. The smallest absolute Gasteiger partial charge is 0.338 e. The van der Waals surface area contributed by atoms with Gasteiger partial charge in [-0.15, -0.1) is 0 Å². The molecule has 0 aliphatic rings. The Labute approximate surface area is 193 Å². The molecule has 174 valence electrons. The van der Waals surface area contributed by atoms with Gasteiger partial charge in [-0.25, -0.2) is 18.8 Å². The minimum Gasteiger partial charge on any atom is -0.462 e. The Morgan fingerprint density at radius 2 is 1.45 bits per heavy atom. The third-order valence-corrected chi connectivity index (χ3v) is 4.03. The van der Waals surface area contributed by atoms with E-state index < -0.39 is 23.7 Å². The van der Waals surface area contributed by atoms with E-state index in [1.54, 1.807) is 12.1 Å².